The summed E-state index contributed by atoms with van der Waals surface area (Å²) in [7, 11) is 0. The third-order valence-corrected chi connectivity index (χ3v) is 3.04. The van der Waals surface area contributed by atoms with E-state index in [1.54, 1.807) is 0 Å². The van der Waals surface area contributed by atoms with Gasteiger partial charge in [-0.25, -0.2) is 0 Å². The highest BCUT2D eigenvalue weighted by atomic mass is 19.4. The Morgan fingerprint density at radius 3 is 1.25 bits per heavy atom. The molecule has 1 atom stereocenters. The quantitative estimate of drug-likeness (QED) is 0.506. The number of hydrogen-bond acceptors (Lipinski definition) is 2. The van der Waals surface area contributed by atoms with Crippen LogP contribution in [-0.4, -0.2) is 66.1 Å². The Balaban J connectivity index is 6.17. The topological polar surface area (TPSA) is 29.5 Å². The molecule has 0 amide bonds. The molecular weight excluding hydrogens is 449 g/mol. The molecule has 0 bridgehead atoms. The van der Waals surface area contributed by atoms with Gasteiger partial charge in [0.15, 0.2) is 0 Å². The normalized spacial score (nSPS) is 17.0. The van der Waals surface area contributed by atoms with Crippen molar-refractivity contribution in [3.05, 3.63) is 0 Å². The maximum absolute atomic E-state index is 13.2. The fraction of sp³-hybridized carbons (Fsp3) is 1.00. The van der Waals surface area contributed by atoms with Gasteiger partial charge < -0.3 is 9.84 Å². The summed E-state index contributed by atoms with van der Waals surface area (Å²) in [5, 5.41) is 8.60. The van der Waals surface area contributed by atoms with Crippen LogP contribution in [0, 0.1) is 0 Å². The summed E-state index contributed by atoms with van der Waals surface area (Å²) in [5.41, 5.74) is 0. The lowest BCUT2D eigenvalue weighted by Crippen LogP contribution is -2.73. The van der Waals surface area contributed by atoms with Gasteiger partial charge in [0.25, 0.3) is 0 Å². The molecule has 0 radical (unpaired) electrons. The van der Waals surface area contributed by atoms with Crippen LogP contribution in [0.1, 0.15) is 6.92 Å². The zero-order chi connectivity index (χ0) is 23.2. The number of halogens is 15. The third kappa shape index (κ3) is 3.95. The first-order valence-corrected chi connectivity index (χ1v) is 6.51. The van der Waals surface area contributed by atoms with Crippen molar-refractivity contribution in [3.8, 4) is 0 Å². The first-order valence-electron chi connectivity index (χ1n) is 6.51. The Kier molecular flexibility index (Phi) is 6.99. The van der Waals surface area contributed by atoms with Crippen molar-refractivity contribution < 1.29 is 75.7 Å². The highest BCUT2D eigenvalue weighted by molar-refractivity contribution is 5.13. The predicted octanol–water partition coefficient (Wildman–Crippen LogP) is 4.76. The molecule has 1 unspecified atom stereocenters. The van der Waals surface area contributed by atoms with E-state index in [9.17, 15) is 65.9 Å². The van der Waals surface area contributed by atoms with Gasteiger partial charge in [0, 0.05) is 0 Å². The molecule has 0 saturated carbocycles. The van der Waals surface area contributed by atoms with Gasteiger partial charge >= 0.3 is 41.7 Å². The van der Waals surface area contributed by atoms with Crippen molar-refractivity contribution in [2.75, 3.05) is 13.2 Å². The second-order valence-corrected chi connectivity index (χ2v) is 5.44. The molecule has 170 valence electrons. The fourth-order valence-corrected chi connectivity index (χ4v) is 1.45. The molecule has 17 heteroatoms. The Hall–Kier alpha value is -1.13. The van der Waals surface area contributed by atoms with E-state index in [0.717, 1.165) is 6.92 Å². The molecule has 28 heavy (non-hydrogen) atoms. The molecule has 0 aromatic carbocycles. The van der Waals surface area contributed by atoms with Gasteiger partial charge in [-0.15, -0.1) is 0 Å². The first kappa shape index (κ1) is 26.9. The van der Waals surface area contributed by atoms with Gasteiger partial charge in [0.1, 0.15) is 6.61 Å². The van der Waals surface area contributed by atoms with E-state index in [4.69, 9.17) is 5.11 Å². The van der Waals surface area contributed by atoms with Crippen LogP contribution in [0.5, 0.6) is 0 Å². The summed E-state index contributed by atoms with van der Waals surface area (Å²) in [4.78, 5) is 0. The van der Waals surface area contributed by atoms with E-state index in [-0.39, 0.29) is 0 Å². The molecule has 0 spiro atoms. The molecule has 0 aromatic rings. The summed E-state index contributed by atoms with van der Waals surface area (Å²) in [6.07, 6.45) is -9.31. The monoisotopic (exact) mass is 458 g/mol. The largest absolute Gasteiger partial charge is 0.460 e. The number of aliphatic hydroxyl groups is 1. The highest BCUT2D eigenvalue weighted by Crippen LogP contribution is 2.62. The molecule has 0 aliphatic rings. The van der Waals surface area contributed by atoms with Crippen molar-refractivity contribution in [1.29, 1.82) is 0 Å². The molecular formula is C11H9F15O2. The van der Waals surface area contributed by atoms with Crippen molar-refractivity contribution >= 4 is 0 Å². The average Bonchev–Trinajstić information content (AvgIpc) is 2.44. The van der Waals surface area contributed by atoms with Gasteiger partial charge in [0.05, 0.1) is 12.7 Å². The molecule has 0 aliphatic carbocycles. The van der Waals surface area contributed by atoms with E-state index in [1.165, 1.54) is 0 Å². The van der Waals surface area contributed by atoms with E-state index in [1.807, 2.05) is 0 Å². The van der Waals surface area contributed by atoms with E-state index in [0.29, 0.717) is 0 Å². The molecule has 0 aromatic heterocycles. The van der Waals surface area contributed by atoms with Gasteiger partial charge in [0.2, 0.25) is 0 Å². The zero-order valence-corrected chi connectivity index (χ0v) is 13.0. The Labute approximate surface area is 145 Å². The molecule has 0 rings (SSSR count). The van der Waals surface area contributed by atoms with Crippen LogP contribution in [0.2, 0.25) is 0 Å². The smallest absolute Gasteiger partial charge is 0.391 e. The lowest BCUT2D eigenvalue weighted by molar-refractivity contribution is -0.453. The molecule has 0 saturated heterocycles. The second kappa shape index (κ2) is 7.28. The maximum atomic E-state index is 13.2. The van der Waals surface area contributed by atoms with Crippen LogP contribution in [0.4, 0.5) is 65.9 Å². The van der Waals surface area contributed by atoms with Crippen molar-refractivity contribution in [2.45, 2.75) is 54.7 Å². The van der Waals surface area contributed by atoms with Crippen LogP contribution >= 0.6 is 0 Å². The number of alkyl halides is 15. The Morgan fingerprint density at radius 1 is 0.607 bits per heavy atom. The second-order valence-electron chi connectivity index (χ2n) is 5.44. The SMILES string of the molecule is CC(O)COCC(F)(F)C(F)(F)C(F)(F)C(F)(F)C(F)(F)C(F)(F)C(F)(F)F. The highest BCUT2D eigenvalue weighted by Gasteiger charge is 2.93. The van der Waals surface area contributed by atoms with Crippen LogP contribution in [0.15, 0.2) is 0 Å². The summed E-state index contributed by atoms with van der Waals surface area (Å²) in [6, 6.07) is 0. The molecule has 0 heterocycles. The van der Waals surface area contributed by atoms with Crippen molar-refractivity contribution in [2.24, 2.45) is 0 Å². The van der Waals surface area contributed by atoms with Crippen LogP contribution in [0.3, 0.4) is 0 Å². The predicted molar refractivity (Wildman–Crippen MR) is 58.2 cm³/mol. The van der Waals surface area contributed by atoms with Crippen molar-refractivity contribution in [3.63, 3.8) is 0 Å². The number of ether oxygens (including phenoxy) is 1. The number of aliphatic hydroxyl groups excluding tert-OH is 1. The summed E-state index contributed by atoms with van der Waals surface area (Å²) < 4.78 is 195. The minimum absolute atomic E-state index is 0.790. The lowest BCUT2D eigenvalue weighted by atomic mass is 9.91. The van der Waals surface area contributed by atoms with Gasteiger partial charge in [-0.2, -0.15) is 65.9 Å². The fourth-order valence-electron chi connectivity index (χ4n) is 1.45. The lowest BCUT2D eigenvalue weighted by Gasteiger charge is -2.41. The zero-order valence-electron chi connectivity index (χ0n) is 13.0. The maximum Gasteiger partial charge on any atom is 0.460 e. The van der Waals surface area contributed by atoms with E-state index >= 15 is 0 Å². The Bertz CT molecular complexity index is 537. The summed E-state index contributed by atoms with van der Waals surface area (Å²) >= 11 is 0. The molecule has 0 fully saturated rings. The standard InChI is InChI=1S/C11H9F15O2/c1-4(27)2-28-3-5(12,13)6(14,15)7(16,17)8(18,19)9(20,21)10(22,23)11(24,25)26/h4,27H,2-3H2,1H3. The van der Waals surface area contributed by atoms with Crippen molar-refractivity contribution in [1.82, 2.24) is 0 Å². The van der Waals surface area contributed by atoms with E-state index < -0.39 is 61.0 Å². The minimum atomic E-state index is -8.31. The van der Waals surface area contributed by atoms with Crippen LogP contribution in [0.25, 0.3) is 0 Å². The number of hydrogen-bond donors (Lipinski definition) is 1. The average molecular weight is 458 g/mol. The van der Waals surface area contributed by atoms with Crippen LogP contribution < -0.4 is 0 Å². The minimum Gasteiger partial charge on any atom is -0.391 e. The molecule has 0 aliphatic heterocycles. The third-order valence-electron chi connectivity index (χ3n) is 3.04. The molecule has 1 N–H and O–H groups in total. The summed E-state index contributed by atoms with van der Waals surface area (Å²) in [5.74, 6) is -46.7. The number of rotatable bonds is 9. The van der Waals surface area contributed by atoms with Gasteiger partial charge in [-0.05, 0) is 6.92 Å². The summed E-state index contributed by atoms with van der Waals surface area (Å²) in [6.45, 7) is -3.38. The van der Waals surface area contributed by atoms with Gasteiger partial charge in [-0.1, -0.05) is 0 Å². The van der Waals surface area contributed by atoms with E-state index in [2.05, 4.69) is 4.74 Å². The molecule has 2 nitrogen and oxygen atoms in total. The van der Waals surface area contributed by atoms with Crippen LogP contribution in [-0.2, 0) is 4.74 Å². The first-order chi connectivity index (χ1) is 11.9. The Morgan fingerprint density at radius 2 is 0.929 bits per heavy atom. The van der Waals surface area contributed by atoms with Gasteiger partial charge in [-0.3, -0.25) is 0 Å².